The van der Waals surface area contributed by atoms with Crippen LogP contribution in [0.5, 0.6) is 5.75 Å². The Kier molecular flexibility index (Phi) is 4.01. The van der Waals surface area contributed by atoms with E-state index in [0.717, 1.165) is 43.4 Å². The minimum Gasteiger partial charge on any atom is -0.467 e. The van der Waals surface area contributed by atoms with Gasteiger partial charge in [-0.3, -0.25) is 15.0 Å². The van der Waals surface area contributed by atoms with Crippen LogP contribution in [0.25, 0.3) is 0 Å². The van der Waals surface area contributed by atoms with Crippen LogP contribution in [0.15, 0.2) is 48.5 Å². The Hall–Kier alpha value is -2.67. The molecule has 0 amide bonds. The van der Waals surface area contributed by atoms with Crippen molar-refractivity contribution in [2.45, 2.75) is 43.9 Å². The first-order valence-electron chi connectivity index (χ1n) is 9.73. The molecule has 0 spiro atoms. The fourth-order valence-electron chi connectivity index (χ4n) is 5.06. The predicted molar refractivity (Wildman–Crippen MR) is 110 cm³/mol. The molecule has 2 bridgehead atoms. The third-order valence-electron chi connectivity index (χ3n) is 6.23. The first-order chi connectivity index (χ1) is 13.6. The molecule has 1 saturated heterocycles. The van der Waals surface area contributed by atoms with Crippen molar-refractivity contribution in [1.82, 2.24) is 5.32 Å². The van der Waals surface area contributed by atoms with E-state index in [9.17, 15) is 10.1 Å². The lowest BCUT2D eigenvalue weighted by atomic mass is 9.75. The van der Waals surface area contributed by atoms with Crippen LogP contribution >= 0.6 is 12.2 Å². The highest BCUT2D eigenvalue weighted by Gasteiger charge is 2.58. The van der Waals surface area contributed by atoms with Gasteiger partial charge in [0.2, 0.25) is 0 Å². The Labute approximate surface area is 168 Å². The highest BCUT2D eigenvalue weighted by Crippen LogP contribution is 2.54. The summed E-state index contributed by atoms with van der Waals surface area (Å²) in [4.78, 5) is 13.1. The van der Waals surface area contributed by atoms with E-state index in [4.69, 9.17) is 17.0 Å². The molecule has 144 valence electrons. The second-order valence-corrected chi connectivity index (χ2v) is 8.12. The second-order valence-electron chi connectivity index (χ2n) is 7.73. The van der Waals surface area contributed by atoms with Crippen molar-refractivity contribution in [3.63, 3.8) is 0 Å². The molecule has 2 aromatic carbocycles. The van der Waals surface area contributed by atoms with Gasteiger partial charge >= 0.3 is 0 Å². The van der Waals surface area contributed by atoms with E-state index in [1.165, 1.54) is 6.07 Å². The van der Waals surface area contributed by atoms with Gasteiger partial charge in [-0.15, -0.1) is 0 Å². The zero-order valence-corrected chi connectivity index (χ0v) is 16.2. The molecule has 0 aromatic heterocycles. The molecule has 2 fully saturated rings. The van der Waals surface area contributed by atoms with Crippen LogP contribution in [0, 0.1) is 16.0 Å². The molecule has 2 aliphatic heterocycles. The van der Waals surface area contributed by atoms with Crippen LogP contribution in [-0.2, 0) is 0 Å². The summed E-state index contributed by atoms with van der Waals surface area (Å²) in [6.45, 7) is 0. The summed E-state index contributed by atoms with van der Waals surface area (Å²) < 4.78 is 6.72. The number of thiocarbonyl (C=S) groups is 1. The zero-order valence-electron chi connectivity index (χ0n) is 15.3. The van der Waals surface area contributed by atoms with Gasteiger partial charge in [0.1, 0.15) is 5.75 Å². The third-order valence-corrected chi connectivity index (χ3v) is 6.53. The number of nitrogens with one attached hydrogen (secondary N) is 1. The smallest absolute Gasteiger partial charge is 0.270 e. The number of anilines is 1. The van der Waals surface area contributed by atoms with Crippen molar-refractivity contribution < 1.29 is 9.66 Å². The molecule has 2 heterocycles. The van der Waals surface area contributed by atoms with Gasteiger partial charge in [0.15, 0.2) is 10.8 Å². The molecule has 7 heteroatoms. The van der Waals surface area contributed by atoms with Crippen molar-refractivity contribution in [2.24, 2.45) is 5.92 Å². The number of nitro benzene ring substituents is 1. The largest absolute Gasteiger partial charge is 0.467 e. The Balaban J connectivity index is 1.69. The zero-order chi connectivity index (χ0) is 19.3. The number of hydrogen-bond acceptors (Lipinski definition) is 4. The summed E-state index contributed by atoms with van der Waals surface area (Å²) in [6, 6.07) is 14.9. The van der Waals surface area contributed by atoms with Gasteiger partial charge in [-0.25, -0.2) is 0 Å². The van der Waals surface area contributed by atoms with Gasteiger partial charge in [0.05, 0.1) is 11.0 Å². The van der Waals surface area contributed by atoms with Crippen molar-refractivity contribution in [2.75, 3.05) is 4.90 Å². The number of fused-ring (bicyclic) bond motifs is 2. The average Bonchev–Trinajstić information content (AvgIpc) is 2.91. The van der Waals surface area contributed by atoms with Crippen LogP contribution in [0.4, 0.5) is 11.4 Å². The van der Waals surface area contributed by atoms with Crippen LogP contribution in [0.2, 0.25) is 0 Å². The number of ether oxygens (including phenoxy) is 1. The number of rotatable bonds is 2. The maximum absolute atomic E-state index is 11.3. The lowest BCUT2D eigenvalue weighted by molar-refractivity contribution is -0.385. The average molecular weight is 395 g/mol. The van der Waals surface area contributed by atoms with Gasteiger partial charge in [-0.05, 0) is 43.3 Å². The summed E-state index contributed by atoms with van der Waals surface area (Å²) in [5.74, 6) is 0.876. The van der Waals surface area contributed by atoms with E-state index in [2.05, 4.69) is 22.3 Å². The molecule has 0 unspecified atom stereocenters. The fourth-order valence-corrected chi connectivity index (χ4v) is 5.45. The van der Waals surface area contributed by atoms with Crippen LogP contribution < -0.4 is 15.0 Å². The molecule has 5 rings (SSSR count). The van der Waals surface area contributed by atoms with Crippen LogP contribution in [0.1, 0.15) is 43.7 Å². The number of benzene rings is 2. The Morgan fingerprint density at radius 3 is 2.79 bits per heavy atom. The van der Waals surface area contributed by atoms with E-state index < -0.39 is 5.72 Å². The van der Waals surface area contributed by atoms with Crippen molar-refractivity contribution in [3.05, 3.63) is 64.2 Å². The second kappa shape index (κ2) is 6.44. The summed E-state index contributed by atoms with van der Waals surface area (Å²) in [7, 11) is 0. The molecular weight excluding hydrogens is 374 g/mol. The number of non-ortho nitro benzene ring substituents is 1. The number of para-hydroxylation sites is 1. The fraction of sp³-hybridized carbons (Fsp3) is 0.381. The first-order valence-corrected chi connectivity index (χ1v) is 10.1. The monoisotopic (exact) mass is 395 g/mol. The number of hydrogen-bond donors (Lipinski definition) is 1. The number of nitro groups is 1. The SMILES string of the molecule is O=[N+]([O-])c1ccc2c(c1)[C@H]1NC(=S)N(c3ccccc3)[C@@]3(CCCCC[C@H]13)O2. The van der Waals surface area contributed by atoms with Crippen LogP contribution in [0.3, 0.4) is 0 Å². The molecule has 1 saturated carbocycles. The highest BCUT2D eigenvalue weighted by molar-refractivity contribution is 7.80. The Morgan fingerprint density at radius 1 is 1.18 bits per heavy atom. The van der Waals surface area contributed by atoms with E-state index in [1.54, 1.807) is 12.1 Å². The Bertz CT molecular complexity index is 951. The van der Waals surface area contributed by atoms with Crippen molar-refractivity contribution in [1.29, 1.82) is 0 Å². The van der Waals surface area contributed by atoms with Gasteiger partial charge in [0.25, 0.3) is 5.69 Å². The number of nitrogens with zero attached hydrogens (tertiary/aromatic N) is 2. The topological polar surface area (TPSA) is 67.6 Å². The molecule has 1 aliphatic carbocycles. The van der Waals surface area contributed by atoms with Gasteiger partial charge in [-0.2, -0.15) is 0 Å². The van der Waals surface area contributed by atoms with Crippen molar-refractivity contribution >= 4 is 28.7 Å². The Morgan fingerprint density at radius 2 is 2.00 bits per heavy atom. The summed E-state index contributed by atoms with van der Waals surface area (Å²) in [5, 5.41) is 15.4. The molecule has 2 aromatic rings. The molecule has 28 heavy (non-hydrogen) atoms. The highest BCUT2D eigenvalue weighted by atomic mass is 32.1. The van der Waals surface area contributed by atoms with E-state index in [1.807, 2.05) is 18.2 Å². The van der Waals surface area contributed by atoms with Gasteiger partial charge in [-0.1, -0.05) is 31.0 Å². The lowest BCUT2D eigenvalue weighted by Crippen LogP contribution is -2.71. The molecule has 3 atom stereocenters. The minimum absolute atomic E-state index is 0.0748. The third kappa shape index (κ3) is 2.49. The lowest BCUT2D eigenvalue weighted by Gasteiger charge is -2.58. The first kappa shape index (κ1) is 17.4. The molecule has 6 nitrogen and oxygen atoms in total. The summed E-state index contributed by atoms with van der Waals surface area (Å²) in [6.07, 6.45) is 5.21. The van der Waals surface area contributed by atoms with Gasteiger partial charge < -0.3 is 10.1 Å². The quantitative estimate of drug-likeness (QED) is 0.452. The maximum atomic E-state index is 11.3. The predicted octanol–water partition coefficient (Wildman–Crippen LogP) is 4.70. The van der Waals surface area contributed by atoms with Gasteiger partial charge in [0, 0.05) is 35.7 Å². The van der Waals surface area contributed by atoms with E-state index in [-0.39, 0.29) is 22.6 Å². The van der Waals surface area contributed by atoms with E-state index in [0.29, 0.717) is 10.9 Å². The normalized spacial score (nSPS) is 28.3. The standard InChI is InChI=1S/C21H21N3O3S/c25-24(26)15-10-11-18-16(13-15)19-17-9-5-2-6-12-21(17,27-18)23(20(28)22-19)14-7-3-1-4-8-14/h1,3-4,7-8,10-11,13,17,19H,2,5-6,9,12H2,(H,22,28)/t17-,19-,21+/m1/s1. The molecule has 0 radical (unpaired) electrons. The molecule has 1 N–H and O–H groups in total. The van der Waals surface area contributed by atoms with E-state index >= 15 is 0 Å². The summed E-state index contributed by atoms with van der Waals surface area (Å²) >= 11 is 5.79. The molecular formula is C21H21N3O3S. The molecule has 3 aliphatic rings. The maximum Gasteiger partial charge on any atom is 0.270 e. The minimum atomic E-state index is -0.562. The summed E-state index contributed by atoms with van der Waals surface area (Å²) in [5.41, 5.74) is 1.37. The van der Waals surface area contributed by atoms with Crippen molar-refractivity contribution in [3.8, 4) is 5.75 Å². The van der Waals surface area contributed by atoms with Crippen LogP contribution in [-0.4, -0.2) is 15.8 Å².